The minimum Gasteiger partial charge on any atom is -0.352 e. The van der Waals surface area contributed by atoms with Gasteiger partial charge in [-0.2, -0.15) is 0 Å². The molecule has 30 heavy (non-hydrogen) atoms. The molecule has 160 valence electrons. The molecule has 6 heteroatoms. The summed E-state index contributed by atoms with van der Waals surface area (Å²) in [7, 11) is 0. The minimum atomic E-state index is -0.630. The molecule has 1 atom stereocenters. The Bertz CT molecular complexity index is 890. The molecular weight excluding hydrogens is 419 g/mol. The lowest BCUT2D eigenvalue weighted by Gasteiger charge is -2.30. The van der Waals surface area contributed by atoms with Crippen molar-refractivity contribution >= 4 is 35.0 Å². The molecule has 0 spiro atoms. The first-order valence-corrected chi connectivity index (χ1v) is 11.2. The Hall–Kier alpha value is -2.04. The van der Waals surface area contributed by atoms with Gasteiger partial charge >= 0.3 is 0 Å². The maximum absolute atomic E-state index is 13.3. The van der Waals surface area contributed by atoms with Crippen LogP contribution >= 0.6 is 23.2 Å². The van der Waals surface area contributed by atoms with Crippen LogP contribution in [-0.2, 0) is 22.6 Å². The third kappa shape index (κ3) is 5.55. The number of halogens is 2. The van der Waals surface area contributed by atoms with Gasteiger partial charge in [0.25, 0.3) is 0 Å². The van der Waals surface area contributed by atoms with E-state index in [2.05, 4.69) is 5.32 Å². The van der Waals surface area contributed by atoms with Crippen LogP contribution in [0.4, 0.5) is 0 Å². The Labute approximate surface area is 188 Å². The van der Waals surface area contributed by atoms with Crippen molar-refractivity contribution in [1.29, 1.82) is 0 Å². The number of amides is 2. The minimum absolute atomic E-state index is 0.130. The summed E-state index contributed by atoms with van der Waals surface area (Å²) in [5.41, 5.74) is 2.64. The van der Waals surface area contributed by atoms with Gasteiger partial charge in [-0.3, -0.25) is 9.59 Å². The van der Waals surface area contributed by atoms with Gasteiger partial charge in [-0.15, -0.1) is 0 Å². The first-order valence-electron chi connectivity index (χ1n) is 10.4. The summed E-state index contributed by atoms with van der Waals surface area (Å²) in [4.78, 5) is 27.9. The van der Waals surface area contributed by atoms with E-state index < -0.39 is 6.04 Å². The van der Waals surface area contributed by atoms with Gasteiger partial charge < -0.3 is 10.2 Å². The number of carbonyl (C=O) groups excluding carboxylic acids is 2. The normalized spacial score (nSPS) is 15.1. The van der Waals surface area contributed by atoms with Crippen molar-refractivity contribution in [3.05, 3.63) is 69.2 Å². The molecule has 1 saturated carbocycles. The zero-order valence-electron chi connectivity index (χ0n) is 17.5. The van der Waals surface area contributed by atoms with Crippen LogP contribution in [-0.4, -0.2) is 28.8 Å². The van der Waals surface area contributed by atoms with E-state index in [0.29, 0.717) is 15.6 Å². The molecule has 2 aromatic carbocycles. The van der Waals surface area contributed by atoms with Gasteiger partial charge in [0.15, 0.2) is 0 Å². The van der Waals surface area contributed by atoms with E-state index in [9.17, 15) is 9.59 Å². The number of hydrogen-bond donors (Lipinski definition) is 1. The lowest BCUT2D eigenvalue weighted by atomic mass is 10.0. The molecular formula is C24H28Cl2N2O2. The van der Waals surface area contributed by atoms with Crippen molar-refractivity contribution < 1.29 is 9.59 Å². The number of carbonyl (C=O) groups is 2. The second-order valence-electron chi connectivity index (χ2n) is 7.99. The molecule has 0 bridgehead atoms. The molecule has 1 N–H and O–H groups in total. The van der Waals surface area contributed by atoms with Crippen LogP contribution in [0, 0.1) is 6.92 Å². The molecule has 4 nitrogen and oxygen atoms in total. The molecule has 0 aromatic heterocycles. The molecule has 2 aromatic rings. The van der Waals surface area contributed by atoms with Crippen LogP contribution in [0.25, 0.3) is 0 Å². The van der Waals surface area contributed by atoms with Gasteiger partial charge in [-0.25, -0.2) is 0 Å². The standard InChI is InChI=1S/C24H28Cl2N2O2/c1-16-8-3-4-9-18(16)14-23(29)28(15-20-21(25)12-7-13-22(20)26)17(2)24(30)27-19-10-5-6-11-19/h3-4,7-9,12-13,17,19H,5-6,10-11,14-15H2,1-2H3,(H,27,30)/t17-/m1/s1. The highest BCUT2D eigenvalue weighted by Gasteiger charge is 2.29. The summed E-state index contributed by atoms with van der Waals surface area (Å²) in [6, 6.07) is 12.6. The third-order valence-corrected chi connectivity index (χ3v) is 6.57. The van der Waals surface area contributed by atoms with Crippen molar-refractivity contribution in [3.63, 3.8) is 0 Å². The van der Waals surface area contributed by atoms with Gasteiger partial charge in [-0.1, -0.05) is 66.4 Å². The maximum Gasteiger partial charge on any atom is 0.242 e. The van der Waals surface area contributed by atoms with Gasteiger partial charge in [0.1, 0.15) is 6.04 Å². The summed E-state index contributed by atoms with van der Waals surface area (Å²) in [5.74, 6) is -0.266. The van der Waals surface area contributed by atoms with E-state index in [1.165, 1.54) is 0 Å². The molecule has 1 aliphatic rings. The number of benzene rings is 2. The smallest absolute Gasteiger partial charge is 0.242 e. The second kappa shape index (κ2) is 10.3. The topological polar surface area (TPSA) is 49.4 Å². The quantitative estimate of drug-likeness (QED) is 0.625. The fourth-order valence-corrected chi connectivity index (χ4v) is 4.42. The first-order chi connectivity index (χ1) is 14.4. The Morgan fingerprint density at radius 1 is 1.07 bits per heavy atom. The lowest BCUT2D eigenvalue weighted by molar-refractivity contribution is -0.140. The molecule has 0 radical (unpaired) electrons. The molecule has 0 saturated heterocycles. The van der Waals surface area contributed by atoms with Crippen LogP contribution in [0.3, 0.4) is 0 Å². The number of nitrogens with one attached hydrogen (secondary N) is 1. The number of rotatable bonds is 7. The van der Waals surface area contributed by atoms with E-state index in [1.54, 1.807) is 30.0 Å². The summed E-state index contributed by atoms with van der Waals surface area (Å²) in [6.45, 7) is 3.93. The molecule has 0 unspecified atom stereocenters. The Balaban J connectivity index is 1.84. The Morgan fingerprint density at radius 2 is 1.70 bits per heavy atom. The van der Waals surface area contributed by atoms with E-state index in [1.807, 2.05) is 31.2 Å². The number of nitrogens with zero attached hydrogens (tertiary/aromatic N) is 1. The van der Waals surface area contributed by atoms with Gasteiger partial charge in [-0.05, 0) is 49.9 Å². The van der Waals surface area contributed by atoms with Crippen LogP contribution in [0.2, 0.25) is 10.0 Å². The third-order valence-electron chi connectivity index (χ3n) is 5.86. The average molecular weight is 447 g/mol. The van der Waals surface area contributed by atoms with E-state index in [4.69, 9.17) is 23.2 Å². The van der Waals surface area contributed by atoms with Gasteiger partial charge in [0.2, 0.25) is 11.8 Å². The van der Waals surface area contributed by atoms with Gasteiger partial charge in [0, 0.05) is 28.2 Å². The number of aryl methyl sites for hydroxylation is 1. The molecule has 3 rings (SSSR count). The zero-order chi connectivity index (χ0) is 21.7. The van der Waals surface area contributed by atoms with Crippen LogP contribution < -0.4 is 5.32 Å². The summed E-state index contributed by atoms with van der Waals surface area (Å²) >= 11 is 12.7. The Morgan fingerprint density at radius 3 is 2.33 bits per heavy atom. The highest BCUT2D eigenvalue weighted by atomic mass is 35.5. The fourth-order valence-electron chi connectivity index (χ4n) is 3.90. The summed E-state index contributed by atoms with van der Waals surface area (Å²) in [5, 5.41) is 4.08. The van der Waals surface area contributed by atoms with Crippen molar-refractivity contribution in [2.45, 2.75) is 64.6 Å². The summed E-state index contributed by atoms with van der Waals surface area (Å²) in [6.07, 6.45) is 4.46. The molecule has 1 fully saturated rings. The monoisotopic (exact) mass is 446 g/mol. The first kappa shape index (κ1) is 22.6. The maximum atomic E-state index is 13.3. The number of hydrogen-bond acceptors (Lipinski definition) is 2. The van der Waals surface area contributed by atoms with Crippen molar-refractivity contribution in [3.8, 4) is 0 Å². The van der Waals surface area contributed by atoms with Crippen molar-refractivity contribution in [1.82, 2.24) is 10.2 Å². The van der Waals surface area contributed by atoms with Crippen LogP contribution in [0.5, 0.6) is 0 Å². The predicted octanol–water partition coefficient (Wildman–Crippen LogP) is 5.32. The van der Waals surface area contributed by atoms with Crippen molar-refractivity contribution in [2.75, 3.05) is 0 Å². The SMILES string of the molecule is Cc1ccccc1CC(=O)N(Cc1c(Cl)cccc1Cl)[C@H](C)C(=O)NC1CCCC1. The van der Waals surface area contributed by atoms with Crippen LogP contribution in [0.15, 0.2) is 42.5 Å². The fraction of sp³-hybridized carbons (Fsp3) is 0.417. The van der Waals surface area contributed by atoms with Crippen molar-refractivity contribution in [2.24, 2.45) is 0 Å². The summed E-state index contributed by atoms with van der Waals surface area (Å²) < 4.78 is 0. The molecule has 1 aliphatic carbocycles. The Kier molecular flexibility index (Phi) is 7.79. The second-order valence-corrected chi connectivity index (χ2v) is 8.81. The van der Waals surface area contributed by atoms with Gasteiger partial charge in [0.05, 0.1) is 6.42 Å². The van der Waals surface area contributed by atoms with E-state index in [-0.39, 0.29) is 30.8 Å². The highest BCUT2D eigenvalue weighted by Crippen LogP contribution is 2.27. The molecule has 0 aliphatic heterocycles. The largest absolute Gasteiger partial charge is 0.352 e. The predicted molar refractivity (Wildman–Crippen MR) is 122 cm³/mol. The van der Waals surface area contributed by atoms with E-state index in [0.717, 1.165) is 36.8 Å². The average Bonchev–Trinajstić information content (AvgIpc) is 3.22. The zero-order valence-corrected chi connectivity index (χ0v) is 19.0. The highest BCUT2D eigenvalue weighted by molar-refractivity contribution is 6.36. The van der Waals surface area contributed by atoms with Crippen LogP contribution in [0.1, 0.15) is 49.3 Å². The lowest BCUT2D eigenvalue weighted by Crippen LogP contribution is -2.50. The molecule has 0 heterocycles. The molecule has 2 amide bonds. The van der Waals surface area contributed by atoms with E-state index >= 15 is 0 Å².